The predicted molar refractivity (Wildman–Crippen MR) is 75.4 cm³/mol. The number of halogens is 1. The standard InChI is InChI=1S/C14H7BrN4O/c15-11-2-1-7-17-12(11)13-18-14(20-19-13)10-5-3-9(8-16)4-6-10/h1-7H. The van der Waals surface area contributed by atoms with Crippen LogP contribution in [0.4, 0.5) is 0 Å². The highest BCUT2D eigenvalue weighted by Gasteiger charge is 2.13. The van der Waals surface area contributed by atoms with E-state index in [9.17, 15) is 0 Å². The molecule has 0 aliphatic heterocycles. The molecular weight excluding hydrogens is 320 g/mol. The quantitative estimate of drug-likeness (QED) is 0.721. The third kappa shape index (κ3) is 2.31. The summed E-state index contributed by atoms with van der Waals surface area (Å²) in [6.07, 6.45) is 1.66. The van der Waals surface area contributed by atoms with Crippen LogP contribution < -0.4 is 0 Å². The van der Waals surface area contributed by atoms with Gasteiger partial charge in [-0.25, -0.2) is 0 Å². The third-order valence-electron chi connectivity index (χ3n) is 2.66. The highest BCUT2D eigenvalue weighted by Crippen LogP contribution is 2.25. The minimum Gasteiger partial charge on any atom is -0.334 e. The molecule has 0 aliphatic carbocycles. The number of aromatic nitrogens is 3. The molecule has 0 atom stereocenters. The number of nitriles is 1. The van der Waals surface area contributed by atoms with Crippen LogP contribution in [0.1, 0.15) is 5.56 Å². The lowest BCUT2D eigenvalue weighted by Crippen LogP contribution is -1.86. The van der Waals surface area contributed by atoms with Crippen molar-refractivity contribution >= 4 is 15.9 Å². The lowest BCUT2D eigenvalue weighted by molar-refractivity contribution is 0.432. The van der Waals surface area contributed by atoms with Crippen LogP contribution in [0.5, 0.6) is 0 Å². The Morgan fingerprint density at radius 1 is 1.15 bits per heavy atom. The van der Waals surface area contributed by atoms with Gasteiger partial charge in [0, 0.05) is 16.2 Å². The molecule has 6 heteroatoms. The van der Waals surface area contributed by atoms with Crippen LogP contribution in [0.25, 0.3) is 23.0 Å². The fourth-order valence-electron chi connectivity index (χ4n) is 1.67. The summed E-state index contributed by atoms with van der Waals surface area (Å²) in [6.45, 7) is 0. The van der Waals surface area contributed by atoms with Crippen LogP contribution in [-0.2, 0) is 0 Å². The minimum absolute atomic E-state index is 0.391. The first-order valence-corrected chi connectivity index (χ1v) is 6.52. The second-order valence-electron chi connectivity index (χ2n) is 3.95. The molecule has 2 heterocycles. The van der Waals surface area contributed by atoms with Gasteiger partial charge in [-0.15, -0.1) is 0 Å². The van der Waals surface area contributed by atoms with Crippen LogP contribution in [-0.4, -0.2) is 15.1 Å². The third-order valence-corrected chi connectivity index (χ3v) is 3.30. The highest BCUT2D eigenvalue weighted by molar-refractivity contribution is 9.10. The molecule has 0 saturated carbocycles. The van der Waals surface area contributed by atoms with Gasteiger partial charge in [0.15, 0.2) is 0 Å². The van der Waals surface area contributed by atoms with E-state index in [0.29, 0.717) is 23.0 Å². The van der Waals surface area contributed by atoms with Gasteiger partial charge >= 0.3 is 0 Å². The van der Waals surface area contributed by atoms with Gasteiger partial charge in [-0.05, 0) is 52.3 Å². The van der Waals surface area contributed by atoms with Crippen molar-refractivity contribution in [2.45, 2.75) is 0 Å². The summed E-state index contributed by atoms with van der Waals surface area (Å²) in [7, 11) is 0. The Bertz CT molecular complexity index is 789. The van der Waals surface area contributed by atoms with Crippen LogP contribution in [0, 0.1) is 11.3 Å². The zero-order valence-corrected chi connectivity index (χ0v) is 11.7. The smallest absolute Gasteiger partial charge is 0.258 e. The first-order chi connectivity index (χ1) is 9.78. The molecule has 20 heavy (non-hydrogen) atoms. The first kappa shape index (κ1) is 12.5. The van der Waals surface area contributed by atoms with Gasteiger partial charge in [-0.3, -0.25) is 4.98 Å². The van der Waals surface area contributed by atoms with E-state index in [1.54, 1.807) is 30.5 Å². The Morgan fingerprint density at radius 2 is 1.95 bits per heavy atom. The molecule has 0 unspecified atom stereocenters. The molecule has 0 N–H and O–H groups in total. The second-order valence-corrected chi connectivity index (χ2v) is 4.80. The van der Waals surface area contributed by atoms with Gasteiger partial charge in [-0.1, -0.05) is 5.16 Å². The van der Waals surface area contributed by atoms with E-state index < -0.39 is 0 Å². The van der Waals surface area contributed by atoms with E-state index in [2.05, 4.69) is 37.1 Å². The van der Waals surface area contributed by atoms with Gasteiger partial charge in [-0.2, -0.15) is 10.2 Å². The second kappa shape index (κ2) is 5.23. The molecule has 0 fully saturated rings. The van der Waals surface area contributed by atoms with Gasteiger partial charge in [0.05, 0.1) is 11.6 Å². The molecule has 2 aromatic heterocycles. The Hall–Kier alpha value is -2.52. The molecule has 0 spiro atoms. The van der Waals surface area contributed by atoms with Crippen LogP contribution in [0.3, 0.4) is 0 Å². The Morgan fingerprint density at radius 3 is 2.65 bits per heavy atom. The van der Waals surface area contributed by atoms with E-state index in [-0.39, 0.29) is 0 Å². The lowest BCUT2D eigenvalue weighted by Gasteiger charge is -1.95. The average Bonchev–Trinajstić information content (AvgIpc) is 2.97. The van der Waals surface area contributed by atoms with E-state index >= 15 is 0 Å². The Balaban J connectivity index is 1.98. The van der Waals surface area contributed by atoms with Crippen molar-refractivity contribution in [3.63, 3.8) is 0 Å². The summed E-state index contributed by atoms with van der Waals surface area (Å²) >= 11 is 3.40. The van der Waals surface area contributed by atoms with Crippen molar-refractivity contribution in [2.75, 3.05) is 0 Å². The number of hydrogen-bond donors (Lipinski definition) is 0. The highest BCUT2D eigenvalue weighted by atomic mass is 79.9. The molecule has 0 saturated heterocycles. The average molecular weight is 327 g/mol. The summed E-state index contributed by atoms with van der Waals surface area (Å²) in [5.41, 5.74) is 1.96. The van der Waals surface area contributed by atoms with Crippen molar-refractivity contribution in [3.05, 3.63) is 52.6 Å². The summed E-state index contributed by atoms with van der Waals surface area (Å²) in [6, 6.07) is 12.7. The first-order valence-electron chi connectivity index (χ1n) is 5.73. The van der Waals surface area contributed by atoms with Crippen molar-refractivity contribution in [3.8, 4) is 29.0 Å². The van der Waals surface area contributed by atoms with Crippen molar-refractivity contribution < 1.29 is 4.52 Å². The zero-order chi connectivity index (χ0) is 13.9. The molecule has 5 nitrogen and oxygen atoms in total. The molecule has 0 aliphatic rings. The SMILES string of the molecule is N#Cc1ccc(-c2nc(-c3ncccc3Br)no2)cc1. The van der Waals surface area contributed by atoms with Crippen LogP contribution in [0.2, 0.25) is 0 Å². The summed E-state index contributed by atoms with van der Waals surface area (Å²) in [5.74, 6) is 0.805. The minimum atomic E-state index is 0.391. The monoisotopic (exact) mass is 326 g/mol. The fraction of sp³-hybridized carbons (Fsp3) is 0. The van der Waals surface area contributed by atoms with E-state index in [1.807, 2.05) is 12.1 Å². The normalized spacial score (nSPS) is 10.2. The van der Waals surface area contributed by atoms with Crippen molar-refractivity contribution in [1.82, 2.24) is 15.1 Å². The summed E-state index contributed by atoms with van der Waals surface area (Å²) < 4.78 is 6.03. The van der Waals surface area contributed by atoms with E-state index in [1.165, 1.54) is 0 Å². The van der Waals surface area contributed by atoms with Gasteiger partial charge < -0.3 is 4.52 Å². The van der Waals surface area contributed by atoms with Crippen LogP contribution in [0.15, 0.2) is 51.6 Å². The van der Waals surface area contributed by atoms with Crippen molar-refractivity contribution in [1.29, 1.82) is 5.26 Å². The molecular formula is C14H7BrN4O. The molecule has 96 valence electrons. The van der Waals surface area contributed by atoms with Crippen LogP contribution >= 0.6 is 15.9 Å². The largest absolute Gasteiger partial charge is 0.334 e. The van der Waals surface area contributed by atoms with Gasteiger partial charge in [0.25, 0.3) is 5.89 Å². The number of benzene rings is 1. The van der Waals surface area contributed by atoms with E-state index in [0.717, 1.165) is 10.0 Å². The Kier molecular flexibility index (Phi) is 3.27. The lowest BCUT2D eigenvalue weighted by atomic mass is 10.1. The number of rotatable bonds is 2. The number of pyridine rings is 1. The molecule has 0 radical (unpaired) electrons. The van der Waals surface area contributed by atoms with Gasteiger partial charge in [0.1, 0.15) is 5.69 Å². The molecule has 3 aromatic rings. The number of nitrogens with zero attached hydrogens (tertiary/aromatic N) is 4. The predicted octanol–water partition coefficient (Wildman–Crippen LogP) is 3.43. The fourth-order valence-corrected chi connectivity index (χ4v) is 2.11. The summed E-state index contributed by atoms with van der Waals surface area (Å²) in [5, 5.41) is 12.7. The molecule has 1 aromatic carbocycles. The topological polar surface area (TPSA) is 75.6 Å². The molecule has 3 rings (SSSR count). The maximum absolute atomic E-state index is 8.77. The summed E-state index contributed by atoms with van der Waals surface area (Å²) in [4.78, 5) is 8.52. The van der Waals surface area contributed by atoms with Gasteiger partial charge in [0.2, 0.25) is 5.82 Å². The molecule has 0 bridgehead atoms. The zero-order valence-electron chi connectivity index (χ0n) is 10.1. The maximum atomic E-state index is 8.77. The van der Waals surface area contributed by atoms with Crippen molar-refractivity contribution in [2.24, 2.45) is 0 Å². The maximum Gasteiger partial charge on any atom is 0.258 e. The number of hydrogen-bond acceptors (Lipinski definition) is 5. The van der Waals surface area contributed by atoms with E-state index in [4.69, 9.17) is 9.78 Å². The Labute approximate surface area is 123 Å². The molecule has 0 amide bonds.